The summed E-state index contributed by atoms with van der Waals surface area (Å²) >= 11 is 6.17. The van der Waals surface area contributed by atoms with E-state index >= 15 is 0 Å². The first-order valence-electron chi connectivity index (χ1n) is 8.97. The number of benzene rings is 2. The van der Waals surface area contributed by atoms with Crippen LogP contribution >= 0.6 is 11.6 Å². The molecule has 0 saturated heterocycles. The molecule has 2 aromatic rings. The number of sulfonamides is 1. The molecule has 6 nitrogen and oxygen atoms in total. The van der Waals surface area contributed by atoms with Gasteiger partial charge < -0.3 is 10.1 Å². The van der Waals surface area contributed by atoms with Crippen molar-refractivity contribution < 1.29 is 17.9 Å². The number of amides is 1. The molecular weight excluding hydrogens is 400 g/mol. The molecule has 0 aliphatic heterocycles. The van der Waals surface area contributed by atoms with E-state index in [1.165, 1.54) is 25.2 Å². The van der Waals surface area contributed by atoms with E-state index in [4.69, 9.17) is 16.3 Å². The average Bonchev–Trinajstić information content (AvgIpc) is 3.53. The zero-order valence-corrected chi connectivity index (χ0v) is 17.5. The van der Waals surface area contributed by atoms with Crippen molar-refractivity contribution >= 4 is 33.2 Å². The van der Waals surface area contributed by atoms with Crippen LogP contribution in [0.1, 0.15) is 30.1 Å². The van der Waals surface area contributed by atoms with Crippen molar-refractivity contribution in [2.45, 2.75) is 30.7 Å². The lowest BCUT2D eigenvalue weighted by atomic mass is 10.1. The van der Waals surface area contributed by atoms with Crippen LogP contribution in [-0.2, 0) is 10.0 Å². The van der Waals surface area contributed by atoms with Gasteiger partial charge in [-0.2, -0.15) is 0 Å². The summed E-state index contributed by atoms with van der Waals surface area (Å²) in [6, 6.07) is 10.9. The van der Waals surface area contributed by atoms with Gasteiger partial charge in [-0.1, -0.05) is 11.6 Å². The van der Waals surface area contributed by atoms with E-state index in [1.54, 1.807) is 31.4 Å². The maximum atomic E-state index is 13.0. The van der Waals surface area contributed by atoms with Crippen molar-refractivity contribution in [3.63, 3.8) is 0 Å². The van der Waals surface area contributed by atoms with E-state index in [0.717, 1.165) is 17.1 Å². The van der Waals surface area contributed by atoms with Crippen molar-refractivity contribution in [2.24, 2.45) is 5.92 Å². The Bertz CT molecular complexity index is 972. The largest absolute Gasteiger partial charge is 0.497 e. The first kappa shape index (κ1) is 20.5. The summed E-state index contributed by atoms with van der Waals surface area (Å²) in [6.45, 7) is 1.95. The van der Waals surface area contributed by atoms with Crippen LogP contribution in [0.25, 0.3) is 0 Å². The van der Waals surface area contributed by atoms with Gasteiger partial charge in [-0.15, -0.1) is 0 Å². The molecule has 1 N–H and O–H groups in total. The molecule has 0 spiro atoms. The summed E-state index contributed by atoms with van der Waals surface area (Å²) in [4.78, 5) is 12.6. The molecule has 1 saturated carbocycles. The molecule has 1 amide bonds. The van der Waals surface area contributed by atoms with E-state index in [9.17, 15) is 13.2 Å². The molecule has 0 aromatic heterocycles. The van der Waals surface area contributed by atoms with Gasteiger partial charge in [-0.25, -0.2) is 8.42 Å². The van der Waals surface area contributed by atoms with Gasteiger partial charge in [0.1, 0.15) is 5.75 Å². The van der Waals surface area contributed by atoms with Gasteiger partial charge in [-0.3, -0.25) is 9.10 Å². The van der Waals surface area contributed by atoms with Gasteiger partial charge in [-0.05, 0) is 68.1 Å². The number of carbonyl (C=O) groups excluding carboxylic acids is 1. The smallest absolute Gasteiger partial charge is 0.264 e. The Morgan fingerprint density at radius 2 is 1.86 bits per heavy atom. The molecule has 1 aliphatic rings. The van der Waals surface area contributed by atoms with Gasteiger partial charge in [0, 0.05) is 13.1 Å². The minimum Gasteiger partial charge on any atom is -0.497 e. The SMILES string of the molecule is COc1ccc(N(C)S(=O)(=O)c2ccc(Cl)c(C(=O)N[C@@H](C)C3CC3)c2)cc1. The summed E-state index contributed by atoms with van der Waals surface area (Å²) in [5, 5.41) is 3.12. The second-order valence-corrected chi connectivity index (χ2v) is 9.29. The highest BCUT2D eigenvalue weighted by molar-refractivity contribution is 7.92. The van der Waals surface area contributed by atoms with Crippen molar-refractivity contribution in [2.75, 3.05) is 18.5 Å². The normalized spacial score (nSPS) is 15.0. The van der Waals surface area contributed by atoms with Crippen LogP contribution in [0, 0.1) is 5.92 Å². The molecule has 2 aromatic carbocycles. The van der Waals surface area contributed by atoms with Gasteiger partial charge in [0.2, 0.25) is 0 Å². The number of carbonyl (C=O) groups is 1. The maximum absolute atomic E-state index is 13.0. The van der Waals surface area contributed by atoms with Crippen LogP contribution < -0.4 is 14.4 Å². The van der Waals surface area contributed by atoms with E-state index in [2.05, 4.69) is 5.32 Å². The Hall–Kier alpha value is -2.25. The van der Waals surface area contributed by atoms with Gasteiger partial charge in [0.25, 0.3) is 15.9 Å². The lowest BCUT2D eigenvalue weighted by Crippen LogP contribution is -2.34. The molecule has 0 radical (unpaired) electrons. The fourth-order valence-electron chi connectivity index (χ4n) is 2.93. The molecule has 8 heteroatoms. The van der Waals surface area contributed by atoms with Crippen molar-refractivity contribution in [1.29, 1.82) is 0 Å². The predicted octanol–water partition coefficient (Wildman–Crippen LogP) is 3.70. The number of anilines is 1. The minimum absolute atomic E-state index is 0.000516. The summed E-state index contributed by atoms with van der Waals surface area (Å²) in [6.07, 6.45) is 2.19. The zero-order valence-electron chi connectivity index (χ0n) is 16.0. The monoisotopic (exact) mass is 422 g/mol. The van der Waals surface area contributed by atoms with E-state index < -0.39 is 10.0 Å². The molecule has 1 atom stereocenters. The first-order valence-corrected chi connectivity index (χ1v) is 10.8. The second-order valence-electron chi connectivity index (χ2n) is 6.91. The summed E-state index contributed by atoms with van der Waals surface area (Å²) in [5.74, 6) is 0.745. The Kier molecular flexibility index (Phi) is 5.86. The fourth-order valence-corrected chi connectivity index (χ4v) is 4.35. The number of rotatable bonds is 7. The maximum Gasteiger partial charge on any atom is 0.264 e. The van der Waals surface area contributed by atoms with Gasteiger partial charge in [0.15, 0.2) is 0 Å². The molecule has 1 aliphatic carbocycles. The summed E-state index contributed by atoms with van der Waals surface area (Å²) in [5.41, 5.74) is 0.627. The Labute approximate surface area is 170 Å². The molecule has 0 heterocycles. The molecule has 3 rings (SSSR count). The summed E-state index contributed by atoms with van der Waals surface area (Å²) in [7, 11) is -0.862. The van der Waals surface area contributed by atoms with E-state index in [1.807, 2.05) is 6.92 Å². The summed E-state index contributed by atoms with van der Waals surface area (Å²) < 4.78 is 32.3. The molecule has 28 heavy (non-hydrogen) atoms. The van der Waals surface area contributed by atoms with Gasteiger partial charge >= 0.3 is 0 Å². The highest BCUT2D eigenvalue weighted by Gasteiger charge is 2.30. The van der Waals surface area contributed by atoms with Crippen molar-refractivity contribution in [3.8, 4) is 5.75 Å². The Morgan fingerprint density at radius 1 is 1.21 bits per heavy atom. The highest BCUT2D eigenvalue weighted by atomic mass is 35.5. The molecule has 150 valence electrons. The lowest BCUT2D eigenvalue weighted by molar-refractivity contribution is 0.0936. The standard InChI is InChI=1S/C20H23ClN2O4S/c1-13(14-4-5-14)22-20(24)18-12-17(10-11-19(18)21)28(25,26)23(2)15-6-8-16(27-3)9-7-15/h6-14H,4-5H2,1-3H3,(H,22,24)/t13-/m0/s1. The van der Waals surface area contributed by atoms with E-state index in [-0.39, 0.29) is 27.4 Å². The Balaban J connectivity index is 1.87. The lowest BCUT2D eigenvalue weighted by Gasteiger charge is -2.20. The van der Waals surface area contributed by atoms with E-state index in [0.29, 0.717) is 17.4 Å². The third kappa shape index (κ3) is 4.25. The Morgan fingerprint density at radius 3 is 2.43 bits per heavy atom. The number of hydrogen-bond acceptors (Lipinski definition) is 4. The number of nitrogens with one attached hydrogen (secondary N) is 1. The van der Waals surface area contributed by atoms with Crippen LogP contribution in [-0.4, -0.2) is 34.5 Å². The number of methoxy groups -OCH3 is 1. The number of hydrogen-bond donors (Lipinski definition) is 1. The quantitative estimate of drug-likeness (QED) is 0.738. The predicted molar refractivity (Wildman–Crippen MR) is 110 cm³/mol. The van der Waals surface area contributed by atoms with Crippen LogP contribution in [0.2, 0.25) is 5.02 Å². The molecule has 0 unspecified atom stereocenters. The first-order chi connectivity index (χ1) is 13.2. The van der Waals surface area contributed by atoms with Crippen LogP contribution in [0.4, 0.5) is 5.69 Å². The minimum atomic E-state index is -3.86. The topological polar surface area (TPSA) is 75.7 Å². The number of nitrogens with zero attached hydrogens (tertiary/aromatic N) is 1. The number of ether oxygens (including phenoxy) is 1. The fraction of sp³-hybridized carbons (Fsp3) is 0.350. The highest BCUT2D eigenvalue weighted by Crippen LogP contribution is 2.33. The third-order valence-corrected chi connectivity index (χ3v) is 7.08. The van der Waals surface area contributed by atoms with Crippen molar-refractivity contribution in [3.05, 3.63) is 53.1 Å². The third-order valence-electron chi connectivity index (χ3n) is 4.96. The molecular formula is C20H23ClN2O4S. The van der Waals surface area contributed by atoms with Gasteiger partial charge in [0.05, 0.1) is 28.3 Å². The molecule has 1 fully saturated rings. The number of halogens is 1. The van der Waals surface area contributed by atoms with Crippen LogP contribution in [0.15, 0.2) is 47.4 Å². The molecule has 0 bridgehead atoms. The average molecular weight is 423 g/mol. The zero-order chi connectivity index (χ0) is 20.5. The van der Waals surface area contributed by atoms with Crippen LogP contribution in [0.3, 0.4) is 0 Å². The van der Waals surface area contributed by atoms with Crippen LogP contribution in [0.5, 0.6) is 5.75 Å². The second kappa shape index (κ2) is 8.01. The van der Waals surface area contributed by atoms with Crippen molar-refractivity contribution in [1.82, 2.24) is 5.32 Å².